The Morgan fingerprint density at radius 1 is 0.630 bits per heavy atom. The van der Waals surface area contributed by atoms with Crippen molar-refractivity contribution in [2.75, 3.05) is 70.7 Å². The molecule has 2 saturated heterocycles. The van der Waals surface area contributed by atoms with Gasteiger partial charge in [-0.3, -0.25) is 24.1 Å². The van der Waals surface area contributed by atoms with Gasteiger partial charge in [-0.15, -0.1) is 0 Å². The Bertz CT molecular complexity index is 2160. The quantitative estimate of drug-likeness (QED) is 0.267. The molecule has 0 saturated carbocycles. The van der Waals surface area contributed by atoms with Crippen LogP contribution in [0.25, 0.3) is 0 Å². The molecule has 2 amide bonds. The number of carbonyl (C=O) groups is 2. The molecule has 0 aliphatic carbocycles. The van der Waals surface area contributed by atoms with E-state index >= 15 is 0 Å². The summed E-state index contributed by atoms with van der Waals surface area (Å²) in [5.41, 5.74) is 2.75. The second-order valence-corrected chi connectivity index (χ2v) is 15.4. The third-order valence-electron chi connectivity index (χ3n) is 9.87. The smallest absolute Gasteiger partial charge is 0.263 e. The fraction of sp³-hybridized carbons (Fsp3) is 0.316. The lowest BCUT2D eigenvalue weighted by molar-refractivity contribution is -0.0000372. The zero-order chi connectivity index (χ0) is 36.5. The van der Waals surface area contributed by atoms with Crippen LogP contribution in [0.2, 0.25) is 5.02 Å². The van der Waals surface area contributed by atoms with Crippen molar-refractivity contribution in [2.45, 2.75) is 18.0 Å². The van der Waals surface area contributed by atoms with Crippen molar-refractivity contribution in [1.29, 1.82) is 0 Å². The summed E-state index contributed by atoms with van der Waals surface area (Å²) < 4.78 is 52.0. The van der Waals surface area contributed by atoms with Crippen molar-refractivity contribution in [2.24, 2.45) is 0 Å². The number of para-hydroxylation sites is 1. The normalized spacial score (nSPS) is 16.9. The number of hydrogen-bond donors (Lipinski definition) is 1. The highest BCUT2D eigenvalue weighted by molar-refractivity contribution is 7.92. The fourth-order valence-corrected chi connectivity index (χ4v) is 8.57. The minimum absolute atomic E-state index is 0. The molecule has 0 aromatic heterocycles. The highest BCUT2D eigenvalue weighted by atomic mass is 35.5. The van der Waals surface area contributed by atoms with Crippen molar-refractivity contribution in [1.82, 2.24) is 19.6 Å². The molecule has 0 bridgehead atoms. The first-order chi connectivity index (χ1) is 25.7. The number of nitrogens with zero attached hydrogens (tertiary/aromatic N) is 4. The molecule has 4 aromatic rings. The standard InChI is InChI=1S/C38H38ClN5O8S.ClH/c39-30-8-7-28(37(45)43-15-11-41(12-16-43)22-26-5-9-32-34(19-26)51-24-49-32)21-36(30)53(47,48)40-31-4-2-1-3-29(31)38(46)44-17-13-42(14-18-44)23-27-6-10-33-35(20-27)52-25-50-33;/h1-10,19-21,40H,11-18,22-25H2;1H/p-1. The summed E-state index contributed by atoms with van der Waals surface area (Å²) in [6.45, 7) is 6.38. The Morgan fingerprint density at radius 3 is 1.72 bits per heavy atom. The maximum atomic E-state index is 13.8. The average Bonchev–Trinajstić information content (AvgIpc) is 3.84. The largest absolute Gasteiger partial charge is 1.00 e. The molecule has 2 fully saturated rings. The van der Waals surface area contributed by atoms with E-state index in [1.165, 1.54) is 18.2 Å². The molecular formula is C38H38Cl2N5O8S-. The number of ether oxygens (including phenoxy) is 4. The number of nitrogens with one attached hydrogen (secondary N) is 1. The molecule has 1 N–H and O–H groups in total. The lowest BCUT2D eigenvalue weighted by Crippen LogP contribution is -3.00. The number of hydrogen-bond acceptors (Lipinski definition) is 10. The second kappa shape index (κ2) is 15.9. The first kappa shape index (κ1) is 37.6. The summed E-state index contributed by atoms with van der Waals surface area (Å²) in [6.07, 6.45) is 0. The van der Waals surface area contributed by atoms with Gasteiger partial charge in [-0.1, -0.05) is 35.9 Å². The molecule has 13 nitrogen and oxygen atoms in total. The number of carbonyl (C=O) groups excluding carboxylic acids is 2. The van der Waals surface area contributed by atoms with Crippen LogP contribution in [0.15, 0.2) is 83.8 Å². The molecular weight excluding hydrogens is 757 g/mol. The molecule has 4 aliphatic rings. The number of amides is 2. The van der Waals surface area contributed by atoms with Crippen molar-refractivity contribution < 1.29 is 49.4 Å². The van der Waals surface area contributed by atoms with Gasteiger partial charge in [0.15, 0.2) is 23.0 Å². The molecule has 4 aromatic carbocycles. The summed E-state index contributed by atoms with van der Waals surface area (Å²) in [7, 11) is -4.29. The first-order valence-corrected chi connectivity index (χ1v) is 19.3. The van der Waals surface area contributed by atoms with Crippen molar-refractivity contribution >= 4 is 39.1 Å². The van der Waals surface area contributed by atoms with Crippen molar-refractivity contribution in [3.8, 4) is 23.0 Å². The Hall–Kier alpha value is -4.73. The first-order valence-electron chi connectivity index (χ1n) is 17.4. The molecule has 0 spiro atoms. The zero-order valence-electron chi connectivity index (χ0n) is 29.2. The van der Waals surface area contributed by atoms with Crippen LogP contribution in [0, 0.1) is 0 Å². The maximum Gasteiger partial charge on any atom is 0.263 e. The average molecular weight is 796 g/mol. The van der Waals surface area contributed by atoms with Gasteiger partial charge in [0.2, 0.25) is 13.6 Å². The number of anilines is 1. The minimum atomic E-state index is -4.29. The molecule has 16 heteroatoms. The molecule has 0 atom stereocenters. The minimum Gasteiger partial charge on any atom is -1.00 e. The van der Waals surface area contributed by atoms with Crippen LogP contribution >= 0.6 is 11.6 Å². The number of fused-ring (bicyclic) bond motifs is 2. The SMILES string of the molecule is O=C(c1ccc(Cl)c(S(=O)(=O)Nc2ccccc2C(=O)N2CCN(Cc3ccc4c(c3)OCO4)CC2)c1)N1CCN(Cc2ccc3c(c2)OCO3)CC1.[Cl-]. The monoisotopic (exact) mass is 794 g/mol. The van der Waals surface area contributed by atoms with Crippen LogP contribution in [0.5, 0.6) is 23.0 Å². The molecule has 54 heavy (non-hydrogen) atoms. The Balaban J connectivity index is 0.00000450. The van der Waals surface area contributed by atoms with Gasteiger partial charge in [0.25, 0.3) is 21.8 Å². The Morgan fingerprint density at radius 2 is 1.15 bits per heavy atom. The topological polar surface area (TPSA) is 130 Å². The zero-order valence-corrected chi connectivity index (χ0v) is 31.5. The molecule has 0 unspecified atom stereocenters. The van der Waals surface area contributed by atoms with Gasteiger partial charge < -0.3 is 41.2 Å². The van der Waals surface area contributed by atoms with E-state index in [-0.39, 0.29) is 64.5 Å². The van der Waals surface area contributed by atoms with Gasteiger partial charge in [-0.25, -0.2) is 8.42 Å². The molecule has 4 aliphatic heterocycles. The summed E-state index contributed by atoms with van der Waals surface area (Å²) in [5.74, 6) is 2.38. The van der Waals surface area contributed by atoms with Gasteiger partial charge in [-0.05, 0) is 65.7 Å². The van der Waals surface area contributed by atoms with E-state index in [0.29, 0.717) is 65.4 Å². The van der Waals surface area contributed by atoms with E-state index in [2.05, 4.69) is 14.5 Å². The van der Waals surface area contributed by atoms with E-state index in [9.17, 15) is 18.0 Å². The maximum absolute atomic E-state index is 13.8. The lowest BCUT2D eigenvalue weighted by atomic mass is 10.1. The third-order valence-corrected chi connectivity index (χ3v) is 11.7. The number of halogens is 2. The summed E-state index contributed by atoms with van der Waals surface area (Å²) >= 11 is 6.43. The van der Waals surface area contributed by atoms with Gasteiger partial charge in [0, 0.05) is 71.0 Å². The van der Waals surface area contributed by atoms with Crippen LogP contribution in [-0.2, 0) is 23.1 Å². The van der Waals surface area contributed by atoms with E-state index in [1.807, 2.05) is 36.4 Å². The molecule has 284 valence electrons. The van der Waals surface area contributed by atoms with Crippen LogP contribution in [0.4, 0.5) is 5.69 Å². The third kappa shape index (κ3) is 8.03. The van der Waals surface area contributed by atoms with E-state index in [4.69, 9.17) is 30.5 Å². The number of piperazine rings is 2. The Labute approximate surface area is 324 Å². The number of benzene rings is 4. The van der Waals surface area contributed by atoms with E-state index in [1.54, 1.807) is 34.1 Å². The van der Waals surface area contributed by atoms with Crippen LogP contribution in [0.1, 0.15) is 31.8 Å². The number of rotatable bonds is 9. The van der Waals surface area contributed by atoms with Gasteiger partial charge in [-0.2, -0.15) is 0 Å². The second-order valence-electron chi connectivity index (χ2n) is 13.3. The van der Waals surface area contributed by atoms with Crippen LogP contribution in [-0.4, -0.2) is 106 Å². The van der Waals surface area contributed by atoms with Crippen LogP contribution in [0.3, 0.4) is 0 Å². The van der Waals surface area contributed by atoms with Gasteiger partial charge in [0.05, 0.1) is 16.3 Å². The lowest BCUT2D eigenvalue weighted by Gasteiger charge is -2.35. The van der Waals surface area contributed by atoms with Crippen molar-refractivity contribution in [3.05, 3.63) is 106 Å². The summed E-state index contributed by atoms with van der Waals surface area (Å²) in [5, 5.41) is -0.0371. The molecule has 8 rings (SSSR count). The van der Waals surface area contributed by atoms with Crippen molar-refractivity contribution in [3.63, 3.8) is 0 Å². The predicted molar refractivity (Wildman–Crippen MR) is 196 cm³/mol. The van der Waals surface area contributed by atoms with Gasteiger partial charge in [0.1, 0.15) is 4.90 Å². The molecule has 0 radical (unpaired) electrons. The van der Waals surface area contributed by atoms with Crippen LogP contribution < -0.4 is 36.1 Å². The predicted octanol–water partition coefficient (Wildman–Crippen LogP) is 1.52. The number of sulfonamides is 1. The molecule has 4 heterocycles. The highest BCUT2D eigenvalue weighted by Crippen LogP contribution is 2.34. The van der Waals surface area contributed by atoms with E-state index < -0.39 is 10.0 Å². The summed E-state index contributed by atoms with van der Waals surface area (Å²) in [6, 6.07) is 22.5. The summed E-state index contributed by atoms with van der Waals surface area (Å²) in [4.78, 5) is 35.0. The van der Waals surface area contributed by atoms with Gasteiger partial charge >= 0.3 is 0 Å². The fourth-order valence-electron chi connectivity index (χ4n) is 6.97. The highest BCUT2D eigenvalue weighted by Gasteiger charge is 2.29. The Kier molecular flexibility index (Phi) is 11.1. The van der Waals surface area contributed by atoms with E-state index in [0.717, 1.165) is 34.1 Å².